The Labute approximate surface area is 157 Å². The van der Waals surface area contributed by atoms with Gasteiger partial charge in [-0.25, -0.2) is 0 Å². The van der Waals surface area contributed by atoms with Crippen LogP contribution in [0, 0.1) is 28.6 Å². The Morgan fingerprint density at radius 1 is 1.04 bits per heavy atom. The van der Waals surface area contributed by atoms with Crippen molar-refractivity contribution in [3.05, 3.63) is 47.8 Å². The zero-order valence-electron chi connectivity index (χ0n) is 16.1. The molecule has 2 heteroatoms. The van der Waals surface area contributed by atoms with Crippen molar-refractivity contribution in [3.63, 3.8) is 0 Å². The summed E-state index contributed by atoms with van der Waals surface area (Å²) in [6, 6.07) is 4.31. The van der Waals surface area contributed by atoms with Crippen LogP contribution in [0.5, 0.6) is 0 Å². The van der Waals surface area contributed by atoms with Crippen molar-refractivity contribution in [2.75, 3.05) is 0 Å². The van der Waals surface area contributed by atoms with E-state index in [1.54, 1.807) is 11.1 Å². The Morgan fingerprint density at radius 3 is 2.69 bits per heavy atom. The number of aliphatic hydroxyl groups excluding tert-OH is 1. The maximum atomic E-state index is 10.2. The van der Waals surface area contributed by atoms with Crippen LogP contribution in [-0.4, -0.2) is 16.2 Å². The third-order valence-corrected chi connectivity index (χ3v) is 8.63. The molecule has 0 bridgehead atoms. The van der Waals surface area contributed by atoms with E-state index in [1.165, 1.54) is 37.7 Å². The number of nitrogens with zero attached hydrogens (tertiary/aromatic N) is 1. The Kier molecular flexibility index (Phi) is 3.73. The Morgan fingerprint density at radius 2 is 1.88 bits per heavy atom. The molecule has 0 spiro atoms. The normalized spacial score (nSPS) is 44.4. The molecule has 4 aliphatic carbocycles. The van der Waals surface area contributed by atoms with Gasteiger partial charge in [0.25, 0.3) is 0 Å². The number of allylic oxidation sites excluding steroid dienone is 3. The summed E-state index contributed by atoms with van der Waals surface area (Å²) in [4.78, 5) is 4.38. The summed E-state index contributed by atoms with van der Waals surface area (Å²) in [5.41, 5.74) is 5.09. The number of rotatable bonds is 1. The summed E-state index contributed by atoms with van der Waals surface area (Å²) in [6.45, 7) is 5.03. The highest BCUT2D eigenvalue weighted by Gasteiger charge is 2.56. The second kappa shape index (κ2) is 5.79. The van der Waals surface area contributed by atoms with Crippen LogP contribution in [0.3, 0.4) is 0 Å². The average molecular weight is 350 g/mol. The van der Waals surface area contributed by atoms with Crippen LogP contribution in [-0.2, 0) is 0 Å². The van der Waals surface area contributed by atoms with Gasteiger partial charge in [0.1, 0.15) is 0 Å². The fourth-order valence-corrected chi connectivity index (χ4v) is 7.18. The van der Waals surface area contributed by atoms with Crippen LogP contribution in [0.15, 0.2) is 42.3 Å². The molecule has 1 aromatic rings. The van der Waals surface area contributed by atoms with E-state index < -0.39 is 0 Å². The van der Waals surface area contributed by atoms with Gasteiger partial charge in [-0.1, -0.05) is 37.6 Å². The minimum atomic E-state index is -0.106. The standard InChI is InChI=1S/C24H31NO/c1-23-11-9-18(26)14-17(23)5-6-19-21-8-7-20(16-4-3-13-25-15-16)24(21,2)12-10-22(19)23/h3-5,7,13,15,18-19,21-22,26H,6,8-12,14H2,1-2H3/t18-,19?,21+,22?,23-,24+/m0/s1. The summed E-state index contributed by atoms with van der Waals surface area (Å²) in [5, 5.41) is 10.2. The van der Waals surface area contributed by atoms with Gasteiger partial charge in [0.2, 0.25) is 0 Å². The van der Waals surface area contributed by atoms with E-state index in [9.17, 15) is 5.11 Å². The molecule has 1 aromatic heterocycles. The van der Waals surface area contributed by atoms with E-state index >= 15 is 0 Å². The minimum absolute atomic E-state index is 0.106. The van der Waals surface area contributed by atoms with Crippen molar-refractivity contribution in [3.8, 4) is 0 Å². The van der Waals surface area contributed by atoms with E-state index in [4.69, 9.17) is 0 Å². The van der Waals surface area contributed by atoms with Crippen molar-refractivity contribution in [1.82, 2.24) is 4.98 Å². The summed E-state index contributed by atoms with van der Waals surface area (Å²) in [6.07, 6.45) is 17.0. The first-order valence-electron chi connectivity index (χ1n) is 10.5. The summed E-state index contributed by atoms with van der Waals surface area (Å²) in [7, 11) is 0. The van der Waals surface area contributed by atoms with Crippen LogP contribution >= 0.6 is 0 Å². The minimum Gasteiger partial charge on any atom is -0.393 e. The highest BCUT2D eigenvalue weighted by molar-refractivity contribution is 5.72. The number of aliphatic hydroxyl groups is 1. The highest BCUT2D eigenvalue weighted by atomic mass is 16.3. The predicted molar refractivity (Wildman–Crippen MR) is 105 cm³/mol. The quantitative estimate of drug-likeness (QED) is 0.689. The van der Waals surface area contributed by atoms with Crippen LogP contribution < -0.4 is 0 Å². The average Bonchev–Trinajstić information content (AvgIpc) is 3.00. The van der Waals surface area contributed by atoms with Gasteiger partial charge in [0.15, 0.2) is 0 Å². The van der Waals surface area contributed by atoms with E-state index in [0.717, 1.165) is 30.6 Å². The van der Waals surface area contributed by atoms with Crippen molar-refractivity contribution in [1.29, 1.82) is 0 Å². The molecule has 4 aliphatic rings. The van der Waals surface area contributed by atoms with E-state index in [0.29, 0.717) is 10.8 Å². The molecule has 0 aromatic carbocycles. The van der Waals surface area contributed by atoms with Gasteiger partial charge in [-0.15, -0.1) is 0 Å². The van der Waals surface area contributed by atoms with Crippen LogP contribution in [0.4, 0.5) is 0 Å². The smallest absolute Gasteiger partial charge is 0.0577 e. The largest absolute Gasteiger partial charge is 0.393 e. The summed E-state index contributed by atoms with van der Waals surface area (Å²) in [5.74, 6) is 2.36. The SMILES string of the molecule is C[C@]12CC[C@H](O)CC1=CCC1C2CC[C@]2(C)C(c3cccnc3)=CC[C@H]12. The molecular formula is C24H31NO. The maximum absolute atomic E-state index is 10.2. The van der Waals surface area contributed by atoms with Crippen molar-refractivity contribution in [2.24, 2.45) is 28.6 Å². The fourth-order valence-electron chi connectivity index (χ4n) is 7.18. The lowest BCUT2D eigenvalue weighted by Crippen LogP contribution is -2.49. The molecule has 1 N–H and O–H groups in total. The lowest BCUT2D eigenvalue weighted by atomic mass is 9.47. The molecule has 5 rings (SSSR count). The highest BCUT2D eigenvalue weighted by Crippen LogP contribution is 2.66. The second-order valence-electron chi connectivity index (χ2n) is 9.71. The number of hydrogen-bond acceptors (Lipinski definition) is 2. The predicted octanol–water partition coefficient (Wildman–Crippen LogP) is 5.40. The van der Waals surface area contributed by atoms with Crippen LogP contribution in [0.2, 0.25) is 0 Å². The zero-order chi connectivity index (χ0) is 17.9. The molecule has 0 saturated heterocycles. The molecule has 6 atom stereocenters. The number of aromatic nitrogens is 1. The third kappa shape index (κ3) is 2.24. The molecule has 2 nitrogen and oxygen atoms in total. The fraction of sp³-hybridized carbons (Fsp3) is 0.625. The lowest BCUT2D eigenvalue weighted by Gasteiger charge is -2.57. The molecule has 0 amide bonds. The van der Waals surface area contributed by atoms with Crippen molar-refractivity contribution < 1.29 is 5.11 Å². The number of pyridine rings is 1. The molecule has 138 valence electrons. The molecule has 1 heterocycles. The lowest BCUT2D eigenvalue weighted by molar-refractivity contribution is -0.0238. The molecule has 0 aliphatic heterocycles. The second-order valence-corrected chi connectivity index (χ2v) is 9.71. The zero-order valence-corrected chi connectivity index (χ0v) is 16.1. The van der Waals surface area contributed by atoms with Crippen molar-refractivity contribution >= 4 is 5.57 Å². The van der Waals surface area contributed by atoms with Gasteiger partial charge < -0.3 is 5.11 Å². The molecule has 0 radical (unpaired) electrons. The first-order valence-corrected chi connectivity index (χ1v) is 10.5. The molecular weight excluding hydrogens is 318 g/mol. The molecule has 2 saturated carbocycles. The number of hydrogen-bond donors (Lipinski definition) is 1. The van der Waals surface area contributed by atoms with Crippen LogP contribution in [0.1, 0.15) is 64.4 Å². The van der Waals surface area contributed by atoms with E-state index in [2.05, 4.69) is 43.1 Å². The van der Waals surface area contributed by atoms with Gasteiger partial charge in [-0.05, 0) is 90.7 Å². The molecule has 2 unspecified atom stereocenters. The Balaban J connectivity index is 1.48. The van der Waals surface area contributed by atoms with E-state index in [1.807, 2.05) is 12.4 Å². The first-order chi connectivity index (χ1) is 12.5. The van der Waals surface area contributed by atoms with Crippen LogP contribution in [0.25, 0.3) is 5.57 Å². The summed E-state index contributed by atoms with van der Waals surface area (Å²) < 4.78 is 0. The maximum Gasteiger partial charge on any atom is 0.0577 e. The van der Waals surface area contributed by atoms with E-state index in [-0.39, 0.29) is 6.10 Å². The van der Waals surface area contributed by atoms with Gasteiger partial charge in [0.05, 0.1) is 6.10 Å². The topological polar surface area (TPSA) is 33.1 Å². The number of fused-ring (bicyclic) bond motifs is 5. The first kappa shape index (κ1) is 16.7. The van der Waals surface area contributed by atoms with Gasteiger partial charge >= 0.3 is 0 Å². The van der Waals surface area contributed by atoms with Gasteiger partial charge in [-0.2, -0.15) is 0 Å². The van der Waals surface area contributed by atoms with Crippen molar-refractivity contribution in [2.45, 2.75) is 64.9 Å². The Hall–Kier alpha value is -1.41. The Bertz CT molecular complexity index is 766. The molecule has 26 heavy (non-hydrogen) atoms. The molecule has 2 fully saturated rings. The van der Waals surface area contributed by atoms with Gasteiger partial charge in [-0.3, -0.25) is 4.98 Å². The summed E-state index contributed by atoms with van der Waals surface area (Å²) >= 11 is 0. The van der Waals surface area contributed by atoms with Gasteiger partial charge in [0, 0.05) is 12.4 Å². The monoisotopic (exact) mass is 349 g/mol. The third-order valence-electron chi connectivity index (χ3n) is 8.63.